The zero-order valence-electron chi connectivity index (χ0n) is 13.3. The number of nitrogens with zero attached hydrogens (tertiary/aromatic N) is 5. The fourth-order valence-corrected chi connectivity index (χ4v) is 2.39. The summed E-state index contributed by atoms with van der Waals surface area (Å²) in [6, 6.07) is 0. The highest BCUT2D eigenvalue weighted by Gasteiger charge is 2.16. The van der Waals surface area contributed by atoms with Crippen molar-refractivity contribution in [2.24, 2.45) is 7.05 Å². The monoisotopic (exact) mass is 290 g/mol. The molecule has 0 fully saturated rings. The molecule has 0 aliphatic carbocycles. The Bertz CT molecular complexity index is 655. The van der Waals surface area contributed by atoms with Gasteiger partial charge in [0.15, 0.2) is 0 Å². The van der Waals surface area contributed by atoms with Gasteiger partial charge in [0.25, 0.3) is 5.91 Å². The van der Waals surface area contributed by atoms with Gasteiger partial charge in [-0.05, 0) is 34.1 Å². The van der Waals surface area contributed by atoms with E-state index < -0.39 is 0 Å². The minimum absolute atomic E-state index is 0.0652. The van der Waals surface area contributed by atoms with E-state index in [9.17, 15) is 4.79 Å². The Kier molecular flexibility index (Phi) is 4.40. The molecule has 0 bridgehead atoms. The molecule has 1 amide bonds. The van der Waals surface area contributed by atoms with E-state index >= 15 is 0 Å². The standard InChI is InChI=1S/C14H22N6O/c1-9-13(10(2)19(5)17-9)14(21)15-7-6-8-20-12(4)16-11(3)18-20/h6-8H2,1-5H3,(H,15,21). The van der Waals surface area contributed by atoms with E-state index in [2.05, 4.69) is 20.5 Å². The van der Waals surface area contributed by atoms with Crippen molar-refractivity contribution in [3.05, 3.63) is 28.6 Å². The number of carbonyl (C=O) groups is 1. The van der Waals surface area contributed by atoms with Crippen molar-refractivity contribution in [3.8, 4) is 0 Å². The van der Waals surface area contributed by atoms with Gasteiger partial charge in [-0.15, -0.1) is 0 Å². The molecule has 0 aliphatic rings. The lowest BCUT2D eigenvalue weighted by molar-refractivity contribution is 0.0951. The molecule has 0 radical (unpaired) electrons. The third-order valence-corrected chi connectivity index (χ3v) is 3.53. The Morgan fingerprint density at radius 1 is 1.19 bits per heavy atom. The van der Waals surface area contributed by atoms with Gasteiger partial charge >= 0.3 is 0 Å². The summed E-state index contributed by atoms with van der Waals surface area (Å²) in [4.78, 5) is 16.4. The molecule has 0 saturated carbocycles. The molecule has 0 aromatic carbocycles. The van der Waals surface area contributed by atoms with Crippen molar-refractivity contribution in [1.82, 2.24) is 29.9 Å². The van der Waals surface area contributed by atoms with Crippen molar-refractivity contribution in [1.29, 1.82) is 0 Å². The number of amides is 1. The maximum absolute atomic E-state index is 12.2. The van der Waals surface area contributed by atoms with Gasteiger partial charge in [-0.25, -0.2) is 4.98 Å². The Morgan fingerprint density at radius 3 is 2.43 bits per heavy atom. The van der Waals surface area contributed by atoms with Crippen LogP contribution >= 0.6 is 0 Å². The highest BCUT2D eigenvalue weighted by Crippen LogP contribution is 2.11. The van der Waals surface area contributed by atoms with Gasteiger partial charge in [-0.2, -0.15) is 10.2 Å². The average molecular weight is 290 g/mol. The molecule has 2 aromatic heterocycles. The van der Waals surface area contributed by atoms with Crippen molar-refractivity contribution >= 4 is 5.91 Å². The number of hydrogen-bond acceptors (Lipinski definition) is 4. The first-order valence-electron chi connectivity index (χ1n) is 7.06. The van der Waals surface area contributed by atoms with E-state index in [1.807, 2.05) is 39.4 Å². The van der Waals surface area contributed by atoms with Crippen LogP contribution in [0.2, 0.25) is 0 Å². The first kappa shape index (κ1) is 15.2. The van der Waals surface area contributed by atoms with Gasteiger partial charge < -0.3 is 5.32 Å². The molecule has 114 valence electrons. The summed E-state index contributed by atoms with van der Waals surface area (Å²) in [5.41, 5.74) is 2.31. The molecule has 0 atom stereocenters. The Morgan fingerprint density at radius 2 is 1.90 bits per heavy atom. The second-order valence-corrected chi connectivity index (χ2v) is 5.21. The van der Waals surface area contributed by atoms with E-state index in [-0.39, 0.29) is 5.91 Å². The van der Waals surface area contributed by atoms with E-state index in [4.69, 9.17) is 0 Å². The van der Waals surface area contributed by atoms with Crippen LogP contribution in [0, 0.1) is 27.7 Å². The van der Waals surface area contributed by atoms with Crippen LogP contribution in [0.4, 0.5) is 0 Å². The first-order chi connectivity index (χ1) is 9.90. The summed E-state index contributed by atoms with van der Waals surface area (Å²) >= 11 is 0. The molecule has 7 nitrogen and oxygen atoms in total. The Balaban J connectivity index is 1.86. The molecule has 0 aliphatic heterocycles. The third-order valence-electron chi connectivity index (χ3n) is 3.53. The van der Waals surface area contributed by atoms with Gasteiger partial charge in [0.05, 0.1) is 11.3 Å². The maximum atomic E-state index is 12.2. The van der Waals surface area contributed by atoms with E-state index in [0.29, 0.717) is 12.1 Å². The Labute approximate surface area is 124 Å². The van der Waals surface area contributed by atoms with Gasteiger partial charge in [-0.1, -0.05) is 0 Å². The zero-order valence-corrected chi connectivity index (χ0v) is 13.3. The normalized spacial score (nSPS) is 10.9. The topological polar surface area (TPSA) is 77.6 Å². The summed E-state index contributed by atoms with van der Waals surface area (Å²) in [5, 5.41) is 11.5. The van der Waals surface area contributed by atoms with Crippen LogP contribution < -0.4 is 5.32 Å². The minimum Gasteiger partial charge on any atom is -0.352 e. The number of nitrogens with one attached hydrogen (secondary N) is 1. The van der Waals surface area contributed by atoms with Crippen LogP contribution in [-0.4, -0.2) is 37.0 Å². The van der Waals surface area contributed by atoms with Crippen molar-refractivity contribution < 1.29 is 4.79 Å². The van der Waals surface area contributed by atoms with Crippen molar-refractivity contribution in [3.63, 3.8) is 0 Å². The molecule has 2 heterocycles. The zero-order chi connectivity index (χ0) is 15.6. The molecule has 7 heteroatoms. The summed E-state index contributed by atoms with van der Waals surface area (Å²) in [7, 11) is 1.84. The van der Waals surface area contributed by atoms with Crippen LogP contribution in [0.1, 0.15) is 39.8 Å². The third kappa shape index (κ3) is 3.29. The largest absolute Gasteiger partial charge is 0.352 e. The van der Waals surface area contributed by atoms with E-state index in [1.54, 1.807) is 4.68 Å². The van der Waals surface area contributed by atoms with Crippen molar-refractivity contribution in [2.45, 2.75) is 40.7 Å². The quantitative estimate of drug-likeness (QED) is 0.835. The van der Waals surface area contributed by atoms with E-state index in [0.717, 1.165) is 36.0 Å². The molecular formula is C14H22N6O. The predicted octanol–water partition coefficient (Wildman–Crippen LogP) is 1.07. The Hall–Kier alpha value is -2.18. The number of aromatic nitrogens is 5. The van der Waals surface area contributed by atoms with Gasteiger partial charge in [0, 0.05) is 25.8 Å². The van der Waals surface area contributed by atoms with Gasteiger partial charge in [0.1, 0.15) is 11.6 Å². The lowest BCUT2D eigenvalue weighted by Crippen LogP contribution is -2.26. The number of hydrogen-bond donors (Lipinski definition) is 1. The second kappa shape index (κ2) is 6.07. The van der Waals surface area contributed by atoms with Crippen LogP contribution in [0.25, 0.3) is 0 Å². The summed E-state index contributed by atoms with van der Waals surface area (Å²) in [5.74, 6) is 1.61. The van der Waals surface area contributed by atoms with Crippen LogP contribution in [-0.2, 0) is 13.6 Å². The number of aryl methyl sites for hydroxylation is 5. The summed E-state index contributed by atoms with van der Waals surface area (Å²) < 4.78 is 3.59. The molecule has 0 unspecified atom stereocenters. The number of carbonyl (C=O) groups excluding carboxylic acids is 1. The smallest absolute Gasteiger partial charge is 0.255 e. The van der Waals surface area contributed by atoms with Crippen LogP contribution in [0.5, 0.6) is 0 Å². The minimum atomic E-state index is -0.0652. The molecule has 21 heavy (non-hydrogen) atoms. The summed E-state index contributed by atoms with van der Waals surface area (Å²) in [6.45, 7) is 8.91. The fourth-order valence-electron chi connectivity index (χ4n) is 2.39. The van der Waals surface area contributed by atoms with Crippen molar-refractivity contribution in [2.75, 3.05) is 6.54 Å². The molecule has 0 saturated heterocycles. The van der Waals surface area contributed by atoms with Gasteiger partial charge in [0.2, 0.25) is 0 Å². The molecular weight excluding hydrogens is 268 g/mol. The molecule has 0 spiro atoms. The van der Waals surface area contributed by atoms with Gasteiger partial charge in [-0.3, -0.25) is 14.2 Å². The maximum Gasteiger partial charge on any atom is 0.255 e. The van der Waals surface area contributed by atoms with Crippen LogP contribution in [0.3, 0.4) is 0 Å². The molecule has 2 rings (SSSR count). The van der Waals surface area contributed by atoms with E-state index in [1.165, 1.54) is 0 Å². The lowest BCUT2D eigenvalue weighted by Gasteiger charge is -2.06. The molecule has 1 N–H and O–H groups in total. The lowest BCUT2D eigenvalue weighted by atomic mass is 10.2. The SMILES string of the molecule is Cc1nc(C)n(CCCNC(=O)c2c(C)nn(C)c2C)n1. The first-order valence-corrected chi connectivity index (χ1v) is 7.06. The molecule has 2 aromatic rings. The highest BCUT2D eigenvalue weighted by atomic mass is 16.1. The summed E-state index contributed by atoms with van der Waals surface area (Å²) in [6.07, 6.45) is 0.813. The average Bonchev–Trinajstić information content (AvgIpc) is 2.85. The fraction of sp³-hybridized carbons (Fsp3) is 0.571. The number of rotatable bonds is 5. The second-order valence-electron chi connectivity index (χ2n) is 5.21. The van der Waals surface area contributed by atoms with Crippen LogP contribution in [0.15, 0.2) is 0 Å². The highest BCUT2D eigenvalue weighted by molar-refractivity contribution is 5.96. The predicted molar refractivity (Wildman–Crippen MR) is 79.1 cm³/mol.